The van der Waals surface area contributed by atoms with Gasteiger partial charge in [-0.15, -0.1) is 11.8 Å². The minimum absolute atomic E-state index is 0.0779. The summed E-state index contributed by atoms with van der Waals surface area (Å²) in [6.07, 6.45) is 7.26. The summed E-state index contributed by atoms with van der Waals surface area (Å²) in [4.78, 5) is 3.70. The van der Waals surface area contributed by atoms with Crippen LogP contribution in [0.4, 0.5) is 5.69 Å². The van der Waals surface area contributed by atoms with E-state index in [0.717, 1.165) is 17.8 Å². The van der Waals surface area contributed by atoms with Crippen molar-refractivity contribution in [1.29, 1.82) is 0 Å². The molecule has 0 saturated heterocycles. The highest BCUT2D eigenvalue weighted by Gasteiger charge is 2.23. The summed E-state index contributed by atoms with van der Waals surface area (Å²) in [5.74, 6) is 0. The van der Waals surface area contributed by atoms with Crippen LogP contribution in [0.2, 0.25) is 0 Å². The van der Waals surface area contributed by atoms with Crippen molar-refractivity contribution in [2.75, 3.05) is 5.73 Å². The quantitative estimate of drug-likeness (QED) is 0.763. The van der Waals surface area contributed by atoms with Crippen LogP contribution < -0.4 is 11.5 Å². The molecule has 0 heterocycles. The van der Waals surface area contributed by atoms with Gasteiger partial charge in [0.05, 0.1) is 0 Å². The van der Waals surface area contributed by atoms with Crippen LogP contribution in [0, 0.1) is 0 Å². The molecule has 2 nitrogen and oxygen atoms in total. The van der Waals surface area contributed by atoms with Crippen molar-refractivity contribution in [2.45, 2.75) is 32.8 Å². The number of benzene rings is 2. The second-order valence-corrected chi connectivity index (χ2v) is 8.55. The summed E-state index contributed by atoms with van der Waals surface area (Å²) in [7, 11) is 0. The lowest BCUT2D eigenvalue weighted by molar-refractivity contribution is 0.788. The van der Waals surface area contributed by atoms with Crippen LogP contribution in [-0.4, -0.2) is 4.75 Å². The van der Waals surface area contributed by atoms with Gasteiger partial charge in [-0.1, -0.05) is 23.9 Å². The van der Waals surface area contributed by atoms with E-state index in [1.165, 1.54) is 14.7 Å². The van der Waals surface area contributed by atoms with E-state index < -0.39 is 0 Å². The molecule has 0 radical (unpaired) electrons. The molecular formula is C19H20N2S2. The van der Waals surface area contributed by atoms with Crippen LogP contribution in [0.15, 0.2) is 87.1 Å². The molecule has 3 rings (SSSR count). The standard InChI is InChI=1S/C19H20N2S2/c1-19(12-10-15(21)11-13-19)23-18-8-6-17(7-9-18)22-16-4-2-14(20)3-5-16/h2-12H,13,20-21H2,1H3. The Labute approximate surface area is 146 Å². The third-order valence-corrected chi connectivity index (χ3v) is 5.95. The van der Waals surface area contributed by atoms with Gasteiger partial charge in [-0.2, -0.15) is 0 Å². The summed E-state index contributed by atoms with van der Waals surface area (Å²) in [6.45, 7) is 2.24. The molecule has 2 aromatic rings. The van der Waals surface area contributed by atoms with Gasteiger partial charge in [0.2, 0.25) is 0 Å². The van der Waals surface area contributed by atoms with E-state index in [1.807, 2.05) is 42.1 Å². The van der Waals surface area contributed by atoms with Crippen molar-refractivity contribution in [3.63, 3.8) is 0 Å². The minimum atomic E-state index is 0.0779. The average molecular weight is 341 g/mol. The van der Waals surface area contributed by atoms with Gasteiger partial charge in [-0.05, 0) is 68.0 Å². The highest BCUT2D eigenvalue weighted by atomic mass is 32.2. The molecule has 2 aromatic carbocycles. The lowest BCUT2D eigenvalue weighted by Gasteiger charge is -2.26. The topological polar surface area (TPSA) is 52.0 Å². The van der Waals surface area contributed by atoms with Crippen molar-refractivity contribution in [3.05, 3.63) is 72.5 Å². The van der Waals surface area contributed by atoms with Gasteiger partial charge in [0.25, 0.3) is 0 Å². The molecule has 118 valence electrons. The smallest absolute Gasteiger partial charge is 0.0396 e. The Bertz CT molecular complexity index is 733. The van der Waals surface area contributed by atoms with Crippen molar-refractivity contribution >= 4 is 29.2 Å². The first-order valence-electron chi connectivity index (χ1n) is 7.50. The number of hydrogen-bond acceptors (Lipinski definition) is 4. The van der Waals surface area contributed by atoms with Gasteiger partial charge in [-0.3, -0.25) is 0 Å². The fraction of sp³-hybridized carbons (Fsp3) is 0.158. The van der Waals surface area contributed by atoms with Crippen molar-refractivity contribution in [3.8, 4) is 0 Å². The summed E-state index contributed by atoms with van der Waals surface area (Å²) >= 11 is 3.62. The van der Waals surface area contributed by atoms with Crippen molar-refractivity contribution in [1.82, 2.24) is 0 Å². The maximum absolute atomic E-state index is 5.81. The molecule has 1 aliphatic rings. The predicted molar refractivity (Wildman–Crippen MR) is 102 cm³/mol. The molecule has 0 aromatic heterocycles. The maximum atomic E-state index is 5.81. The third-order valence-electron chi connectivity index (χ3n) is 3.66. The van der Waals surface area contributed by atoms with E-state index in [1.54, 1.807) is 11.8 Å². The molecule has 0 aliphatic heterocycles. The van der Waals surface area contributed by atoms with Crippen LogP contribution in [0.3, 0.4) is 0 Å². The minimum Gasteiger partial charge on any atom is -0.399 e. The number of rotatable bonds is 4. The van der Waals surface area contributed by atoms with Crippen molar-refractivity contribution < 1.29 is 0 Å². The second-order valence-electron chi connectivity index (χ2n) is 5.80. The van der Waals surface area contributed by atoms with E-state index in [2.05, 4.69) is 43.3 Å². The monoisotopic (exact) mass is 340 g/mol. The van der Waals surface area contributed by atoms with Gasteiger partial charge in [0, 0.05) is 30.8 Å². The second kappa shape index (κ2) is 6.77. The molecule has 0 spiro atoms. The fourth-order valence-electron chi connectivity index (χ4n) is 2.32. The maximum Gasteiger partial charge on any atom is 0.0396 e. The van der Waals surface area contributed by atoms with Crippen LogP contribution in [0.5, 0.6) is 0 Å². The molecule has 23 heavy (non-hydrogen) atoms. The number of nitrogen functional groups attached to an aromatic ring is 1. The van der Waals surface area contributed by atoms with E-state index in [4.69, 9.17) is 11.5 Å². The Morgan fingerprint density at radius 3 is 2.00 bits per heavy atom. The molecule has 4 N–H and O–H groups in total. The molecule has 0 amide bonds. The Hall–Kier alpha value is -1.78. The van der Waals surface area contributed by atoms with Gasteiger partial charge in [0.1, 0.15) is 0 Å². The first kappa shape index (κ1) is 16.1. The van der Waals surface area contributed by atoms with Gasteiger partial charge in [-0.25, -0.2) is 0 Å². The number of nitrogens with two attached hydrogens (primary N) is 2. The lowest BCUT2D eigenvalue weighted by Crippen LogP contribution is -2.19. The summed E-state index contributed by atoms with van der Waals surface area (Å²) in [5, 5.41) is 0. The van der Waals surface area contributed by atoms with Gasteiger partial charge >= 0.3 is 0 Å². The van der Waals surface area contributed by atoms with Crippen molar-refractivity contribution in [2.24, 2.45) is 5.73 Å². The van der Waals surface area contributed by atoms with Gasteiger partial charge in [0.15, 0.2) is 0 Å². The molecule has 0 bridgehead atoms. The molecule has 0 fully saturated rings. The van der Waals surface area contributed by atoms with Crippen LogP contribution in [0.25, 0.3) is 0 Å². The van der Waals surface area contributed by atoms with E-state index in [-0.39, 0.29) is 4.75 Å². The van der Waals surface area contributed by atoms with Crippen LogP contribution in [0.1, 0.15) is 13.3 Å². The number of allylic oxidation sites excluding steroid dienone is 2. The summed E-state index contributed by atoms with van der Waals surface area (Å²) in [6, 6.07) is 16.7. The number of anilines is 1. The number of thioether (sulfide) groups is 1. The van der Waals surface area contributed by atoms with Crippen LogP contribution in [-0.2, 0) is 0 Å². The normalized spacial score (nSPS) is 20.3. The Morgan fingerprint density at radius 1 is 0.870 bits per heavy atom. The molecule has 1 aliphatic carbocycles. The zero-order chi connectivity index (χ0) is 16.3. The van der Waals surface area contributed by atoms with Crippen LogP contribution >= 0.6 is 23.5 Å². The first-order chi connectivity index (χ1) is 11.0. The summed E-state index contributed by atoms with van der Waals surface area (Å²) < 4.78 is 0.0779. The Balaban J connectivity index is 1.65. The molecular weight excluding hydrogens is 320 g/mol. The molecule has 1 unspecified atom stereocenters. The third kappa shape index (κ3) is 4.36. The van der Waals surface area contributed by atoms with E-state index in [9.17, 15) is 0 Å². The average Bonchev–Trinajstić information content (AvgIpc) is 2.55. The zero-order valence-electron chi connectivity index (χ0n) is 13.0. The van der Waals surface area contributed by atoms with Gasteiger partial charge < -0.3 is 11.5 Å². The van der Waals surface area contributed by atoms with E-state index in [0.29, 0.717) is 0 Å². The number of hydrogen-bond donors (Lipinski definition) is 2. The molecule has 4 heteroatoms. The zero-order valence-corrected chi connectivity index (χ0v) is 14.7. The highest BCUT2D eigenvalue weighted by molar-refractivity contribution is 8.01. The summed E-state index contributed by atoms with van der Waals surface area (Å²) in [5.41, 5.74) is 13.2. The Morgan fingerprint density at radius 2 is 1.43 bits per heavy atom. The molecule has 0 saturated carbocycles. The predicted octanol–water partition coefficient (Wildman–Crippen LogP) is 5.07. The molecule has 1 atom stereocenters. The highest BCUT2D eigenvalue weighted by Crippen LogP contribution is 2.40. The fourth-order valence-corrected chi connectivity index (χ4v) is 4.25. The lowest BCUT2D eigenvalue weighted by atomic mass is 10.0. The Kier molecular flexibility index (Phi) is 4.74. The first-order valence-corrected chi connectivity index (χ1v) is 9.13. The largest absolute Gasteiger partial charge is 0.399 e. The SMILES string of the molecule is CC1(Sc2ccc(Sc3ccc(N)cc3)cc2)C=CC(N)=CC1. The van der Waals surface area contributed by atoms with E-state index >= 15 is 0 Å².